The van der Waals surface area contributed by atoms with Gasteiger partial charge in [-0.3, -0.25) is 9.59 Å². The summed E-state index contributed by atoms with van der Waals surface area (Å²) in [5.74, 6) is -0.571. The summed E-state index contributed by atoms with van der Waals surface area (Å²) >= 11 is 1.26. The molecule has 1 aromatic carbocycles. The van der Waals surface area contributed by atoms with Crippen molar-refractivity contribution in [3.05, 3.63) is 34.8 Å². The molecule has 2 heterocycles. The predicted octanol–water partition coefficient (Wildman–Crippen LogP) is 2.15. The van der Waals surface area contributed by atoms with Crippen molar-refractivity contribution in [2.24, 2.45) is 5.92 Å². The van der Waals surface area contributed by atoms with E-state index in [9.17, 15) is 9.59 Å². The Balaban J connectivity index is 1.74. The largest absolute Gasteiger partial charge is 0.311 e. The number of benzene rings is 1. The Kier molecular flexibility index (Phi) is 3.89. The van der Waals surface area contributed by atoms with Gasteiger partial charge in [-0.25, -0.2) is 0 Å². The highest BCUT2D eigenvalue weighted by Gasteiger charge is 2.35. The maximum Gasteiger partial charge on any atom is 0.231 e. The molecule has 3 rings (SSSR count). The number of hydrogen-bond donors (Lipinski definition) is 1. The number of carbonyl (C=O) groups is 2. The van der Waals surface area contributed by atoms with Crippen LogP contribution in [0.5, 0.6) is 0 Å². The monoisotopic (exact) mass is 316 g/mol. The Morgan fingerprint density at radius 2 is 2.23 bits per heavy atom. The molecule has 2 aromatic rings. The summed E-state index contributed by atoms with van der Waals surface area (Å²) < 4.78 is 0. The molecule has 1 atom stereocenters. The van der Waals surface area contributed by atoms with E-state index in [1.54, 1.807) is 10.4 Å². The Labute approximate surface area is 132 Å². The van der Waals surface area contributed by atoms with Crippen molar-refractivity contribution < 1.29 is 9.59 Å². The van der Waals surface area contributed by atoms with E-state index in [-0.39, 0.29) is 24.2 Å². The van der Waals surface area contributed by atoms with Crippen LogP contribution in [0.25, 0.3) is 0 Å². The quantitative estimate of drug-likeness (QED) is 0.941. The molecule has 1 fully saturated rings. The number of aryl methyl sites for hydroxylation is 2. The molecule has 1 aliphatic rings. The van der Waals surface area contributed by atoms with Crippen molar-refractivity contribution in [3.8, 4) is 0 Å². The first-order valence-corrected chi connectivity index (χ1v) is 7.87. The van der Waals surface area contributed by atoms with Gasteiger partial charge < -0.3 is 10.2 Å². The lowest BCUT2D eigenvalue weighted by atomic mass is 10.1. The fourth-order valence-electron chi connectivity index (χ4n) is 2.66. The van der Waals surface area contributed by atoms with Crippen LogP contribution in [-0.2, 0) is 9.59 Å². The van der Waals surface area contributed by atoms with Crippen LogP contribution < -0.4 is 10.2 Å². The summed E-state index contributed by atoms with van der Waals surface area (Å²) in [6.45, 7) is 4.39. The van der Waals surface area contributed by atoms with Gasteiger partial charge in [0.2, 0.25) is 16.9 Å². The van der Waals surface area contributed by atoms with Gasteiger partial charge in [-0.05, 0) is 25.5 Å². The number of anilines is 2. The van der Waals surface area contributed by atoms with E-state index >= 15 is 0 Å². The first kappa shape index (κ1) is 14.6. The lowest BCUT2D eigenvalue weighted by molar-refractivity contribution is -0.122. The van der Waals surface area contributed by atoms with E-state index in [2.05, 4.69) is 15.5 Å². The lowest BCUT2D eigenvalue weighted by Crippen LogP contribution is -2.28. The molecule has 0 saturated carbocycles. The summed E-state index contributed by atoms with van der Waals surface area (Å²) in [5.41, 5.74) is 4.62. The molecule has 2 amide bonds. The van der Waals surface area contributed by atoms with Gasteiger partial charge in [0.15, 0.2) is 0 Å². The third kappa shape index (κ3) is 2.85. The molecular weight excluding hydrogens is 300 g/mol. The van der Waals surface area contributed by atoms with Gasteiger partial charge >= 0.3 is 0 Å². The van der Waals surface area contributed by atoms with E-state index in [0.717, 1.165) is 16.8 Å². The van der Waals surface area contributed by atoms with E-state index < -0.39 is 0 Å². The Morgan fingerprint density at radius 1 is 1.41 bits per heavy atom. The third-order valence-electron chi connectivity index (χ3n) is 3.73. The zero-order valence-corrected chi connectivity index (χ0v) is 13.2. The standard InChI is InChI=1S/C15H16N4O2S/c1-9-3-4-12(10(2)5-9)19-7-11(6-13(19)20)14(21)17-15-18-16-8-22-15/h3-5,8,11H,6-7H2,1-2H3,(H,17,18,21)/t11-/m0/s1. The van der Waals surface area contributed by atoms with Gasteiger partial charge in [0.05, 0.1) is 5.92 Å². The van der Waals surface area contributed by atoms with Gasteiger partial charge in [-0.15, -0.1) is 10.2 Å². The maximum absolute atomic E-state index is 12.2. The normalized spacial score (nSPS) is 17.8. The second-order valence-corrected chi connectivity index (χ2v) is 6.26. The molecule has 0 unspecified atom stereocenters. The number of nitrogens with zero attached hydrogens (tertiary/aromatic N) is 3. The van der Waals surface area contributed by atoms with Crippen LogP contribution in [0.3, 0.4) is 0 Å². The topological polar surface area (TPSA) is 75.2 Å². The van der Waals surface area contributed by atoms with Gasteiger partial charge in [0.25, 0.3) is 0 Å². The summed E-state index contributed by atoms with van der Waals surface area (Å²) in [6, 6.07) is 5.95. The van der Waals surface area contributed by atoms with Crippen LogP contribution in [0.1, 0.15) is 17.5 Å². The smallest absolute Gasteiger partial charge is 0.231 e. The average molecular weight is 316 g/mol. The molecule has 22 heavy (non-hydrogen) atoms. The van der Waals surface area contributed by atoms with Gasteiger partial charge in [0.1, 0.15) is 5.51 Å². The molecule has 1 aromatic heterocycles. The van der Waals surface area contributed by atoms with Crippen LogP contribution in [0, 0.1) is 19.8 Å². The summed E-state index contributed by atoms with van der Waals surface area (Å²) in [5, 5.41) is 10.6. The van der Waals surface area contributed by atoms with Crippen molar-refractivity contribution in [1.29, 1.82) is 0 Å². The first-order valence-electron chi connectivity index (χ1n) is 6.99. The lowest BCUT2D eigenvalue weighted by Gasteiger charge is -2.19. The molecular formula is C15H16N4O2S. The molecule has 7 heteroatoms. The SMILES string of the molecule is Cc1ccc(N2C[C@@H](C(=O)Nc3nncs3)CC2=O)c(C)c1. The molecule has 1 N–H and O–H groups in total. The van der Waals surface area contributed by atoms with Crippen LogP contribution >= 0.6 is 11.3 Å². The fourth-order valence-corrected chi connectivity index (χ4v) is 3.11. The maximum atomic E-state index is 12.2. The summed E-state index contributed by atoms with van der Waals surface area (Å²) in [6.07, 6.45) is 0.220. The molecule has 0 spiro atoms. The highest BCUT2D eigenvalue weighted by atomic mass is 32.1. The zero-order valence-electron chi connectivity index (χ0n) is 12.4. The van der Waals surface area contributed by atoms with E-state index in [0.29, 0.717) is 11.7 Å². The minimum absolute atomic E-state index is 0.0237. The molecule has 6 nitrogen and oxygen atoms in total. The molecule has 0 aliphatic carbocycles. The first-order chi connectivity index (χ1) is 10.5. The van der Waals surface area contributed by atoms with Crippen molar-refractivity contribution in [1.82, 2.24) is 10.2 Å². The second-order valence-electron chi connectivity index (χ2n) is 5.43. The number of rotatable bonds is 3. The minimum Gasteiger partial charge on any atom is -0.311 e. The molecule has 0 radical (unpaired) electrons. The van der Waals surface area contributed by atoms with E-state index in [1.807, 2.05) is 32.0 Å². The molecule has 1 aliphatic heterocycles. The Bertz CT molecular complexity index is 714. The number of hydrogen-bond acceptors (Lipinski definition) is 5. The van der Waals surface area contributed by atoms with Crippen LogP contribution in [-0.4, -0.2) is 28.6 Å². The fraction of sp³-hybridized carbons (Fsp3) is 0.333. The van der Waals surface area contributed by atoms with Crippen LogP contribution in [0.4, 0.5) is 10.8 Å². The second kappa shape index (κ2) is 5.84. The summed E-state index contributed by atoms with van der Waals surface area (Å²) in [4.78, 5) is 26.2. The van der Waals surface area contributed by atoms with E-state index in [1.165, 1.54) is 11.3 Å². The molecule has 1 saturated heterocycles. The van der Waals surface area contributed by atoms with Crippen molar-refractivity contribution in [2.75, 3.05) is 16.8 Å². The summed E-state index contributed by atoms with van der Waals surface area (Å²) in [7, 11) is 0. The number of aromatic nitrogens is 2. The van der Waals surface area contributed by atoms with Crippen LogP contribution in [0.15, 0.2) is 23.7 Å². The number of carbonyl (C=O) groups excluding carboxylic acids is 2. The zero-order chi connectivity index (χ0) is 15.7. The Hall–Kier alpha value is -2.28. The van der Waals surface area contributed by atoms with Crippen molar-refractivity contribution >= 4 is 34.0 Å². The third-order valence-corrected chi connectivity index (χ3v) is 4.34. The molecule has 114 valence electrons. The van der Waals surface area contributed by atoms with Gasteiger partial charge in [0, 0.05) is 18.7 Å². The number of amides is 2. The Morgan fingerprint density at radius 3 is 2.91 bits per heavy atom. The highest BCUT2D eigenvalue weighted by Crippen LogP contribution is 2.29. The van der Waals surface area contributed by atoms with Gasteiger partial charge in [-0.2, -0.15) is 0 Å². The number of nitrogens with one attached hydrogen (secondary N) is 1. The van der Waals surface area contributed by atoms with E-state index in [4.69, 9.17) is 0 Å². The highest BCUT2D eigenvalue weighted by molar-refractivity contribution is 7.13. The van der Waals surface area contributed by atoms with Crippen molar-refractivity contribution in [2.45, 2.75) is 20.3 Å². The average Bonchev–Trinajstić information content (AvgIpc) is 3.09. The van der Waals surface area contributed by atoms with Crippen molar-refractivity contribution in [3.63, 3.8) is 0 Å². The molecule has 0 bridgehead atoms. The van der Waals surface area contributed by atoms with Crippen LogP contribution in [0.2, 0.25) is 0 Å². The minimum atomic E-state index is -0.364. The predicted molar refractivity (Wildman–Crippen MR) is 84.9 cm³/mol. The van der Waals surface area contributed by atoms with Gasteiger partial charge in [-0.1, -0.05) is 29.0 Å².